The molecule has 44 heavy (non-hydrogen) atoms. The van der Waals surface area contributed by atoms with Crippen LogP contribution in [0.25, 0.3) is 0 Å². The third kappa shape index (κ3) is 6.81. The number of quaternary nitrogens is 1. The van der Waals surface area contributed by atoms with E-state index in [9.17, 15) is 50.7 Å². The summed E-state index contributed by atoms with van der Waals surface area (Å²) in [4.78, 5) is 54.5. The Balaban J connectivity index is 1.82. The minimum atomic E-state index is -5.22. The summed E-state index contributed by atoms with van der Waals surface area (Å²) in [5, 5.41) is 10.4. The number of imide groups is 1. The number of nitrogens with zero attached hydrogens (tertiary/aromatic N) is 2. The second kappa shape index (κ2) is 12.2. The van der Waals surface area contributed by atoms with E-state index in [1.54, 1.807) is 60.7 Å². The maximum absolute atomic E-state index is 13.7. The highest BCUT2D eigenvalue weighted by Crippen LogP contribution is 2.38. The fourth-order valence-corrected chi connectivity index (χ4v) is 4.98. The van der Waals surface area contributed by atoms with E-state index in [1.807, 2.05) is 0 Å². The maximum atomic E-state index is 13.7. The quantitative estimate of drug-likeness (QED) is 0.145. The van der Waals surface area contributed by atoms with E-state index in [0.29, 0.717) is 11.1 Å². The van der Waals surface area contributed by atoms with Crippen LogP contribution in [0, 0.1) is 0 Å². The number of alkyl halides is 6. The van der Waals surface area contributed by atoms with Gasteiger partial charge >= 0.3 is 30.1 Å². The molecule has 3 amide bonds. The lowest BCUT2D eigenvalue weighted by Gasteiger charge is -2.35. The van der Waals surface area contributed by atoms with Crippen molar-refractivity contribution in [2.45, 2.75) is 43.6 Å². The summed E-state index contributed by atoms with van der Waals surface area (Å²) in [7, 11) is 1.09. The van der Waals surface area contributed by atoms with E-state index < -0.39 is 88.8 Å². The molecule has 0 aromatic heterocycles. The molecular weight excluding hydrogens is 598 g/mol. The highest BCUT2D eigenvalue weighted by Gasteiger charge is 2.55. The van der Waals surface area contributed by atoms with Crippen LogP contribution in [0.4, 0.5) is 26.3 Å². The molecule has 1 N–H and O–H groups in total. The van der Waals surface area contributed by atoms with Gasteiger partial charge in [-0.25, -0.2) is 19.2 Å². The second-order valence-corrected chi connectivity index (χ2v) is 10.1. The largest absolute Gasteiger partial charge is 0.416 e. The van der Waals surface area contributed by atoms with Gasteiger partial charge in [0.1, 0.15) is 4.81 Å². The second-order valence-electron chi connectivity index (χ2n) is 10.1. The molecule has 1 saturated heterocycles. The number of halogens is 6. The van der Waals surface area contributed by atoms with Gasteiger partial charge in [0.15, 0.2) is 0 Å². The van der Waals surface area contributed by atoms with Crippen LogP contribution in [0.1, 0.15) is 57.8 Å². The number of carbonyl (C=O) groups excluding carboxylic acids is 4. The van der Waals surface area contributed by atoms with E-state index in [2.05, 4.69) is 0 Å². The molecule has 1 unspecified atom stereocenters. The first-order valence-electron chi connectivity index (χ1n) is 13.1. The Morgan fingerprint density at radius 2 is 1.25 bits per heavy atom. The Morgan fingerprint density at radius 1 is 0.818 bits per heavy atom. The summed E-state index contributed by atoms with van der Waals surface area (Å²) in [6, 6.07) is 15.5. The molecule has 1 heterocycles. The molecule has 232 valence electrons. The number of hydrogen-bond donors (Lipinski definition) is 1. The van der Waals surface area contributed by atoms with Crippen molar-refractivity contribution in [1.82, 2.24) is 4.90 Å². The Kier molecular flexibility index (Phi) is 8.98. The van der Waals surface area contributed by atoms with Crippen molar-refractivity contribution in [2.75, 3.05) is 7.05 Å². The number of amides is 3. The third-order valence-corrected chi connectivity index (χ3v) is 7.19. The van der Waals surface area contributed by atoms with Gasteiger partial charge in [-0.1, -0.05) is 60.7 Å². The van der Waals surface area contributed by atoms with E-state index in [0.717, 1.165) is 11.9 Å². The predicted octanol–water partition coefficient (Wildman–Crippen LogP) is 5.90. The fourth-order valence-electron chi connectivity index (χ4n) is 4.98. The topological polar surface area (TPSA) is 101 Å². The fraction of sp³-hybridized carbons (Fsp3) is 0.267. The number of hydrogen-bond acceptors (Lipinski definition) is 6. The smallest absolute Gasteiger partial charge is 0.337 e. The molecule has 0 spiro atoms. The minimum absolute atomic E-state index is 0.114. The number of rotatable bonds is 8. The van der Waals surface area contributed by atoms with Crippen LogP contribution in [-0.4, -0.2) is 51.7 Å². The molecule has 1 fully saturated rings. The Bertz CT molecular complexity index is 1470. The van der Waals surface area contributed by atoms with Crippen LogP contribution < -0.4 is 0 Å². The van der Waals surface area contributed by atoms with Gasteiger partial charge in [-0.05, 0) is 29.3 Å². The summed E-state index contributed by atoms with van der Waals surface area (Å²) in [6.45, 7) is 0. The first-order chi connectivity index (χ1) is 20.5. The summed E-state index contributed by atoms with van der Waals surface area (Å²) >= 11 is 0. The summed E-state index contributed by atoms with van der Waals surface area (Å²) in [6.07, 6.45) is -12.1. The number of carbonyl (C=O) groups is 4. The van der Waals surface area contributed by atoms with Gasteiger partial charge in [-0.3, -0.25) is 4.79 Å². The van der Waals surface area contributed by atoms with Crippen LogP contribution in [0.15, 0.2) is 78.9 Å². The molecule has 1 atom stereocenters. The van der Waals surface area contributed by atoms with Gasteiger partial charge in [-0.15, -0.1) is 0 Å². The van der Waals surface area contributed by atoms with E-state index >= 15 is 0 Å². The molecule has 3 aromatic carbocycles. The van der Waals surface area contributed by atoms with Crippen molar-refractivity contribution in [3.8, 4) is 0 Å². The predicted molar refractivity (Wildman–Crippen MR) is 139 cm³/mol. The molecule has 4 rings (SSSR count). The molecule has 1 aliphatic rings. The molecular formula is C30H25F6N2O6+. The molecule has 3 aromatic rings. The van der Waals surface area contributed by atoms with Gasteiger partial charge in [0, 0.05) is 18.5 Å². The molecule has 14 heteroatoms. The Labute approximate surface area is 246 Å². The molecule has 0 aliphatic carbocycles. The van der Waals surface area contributed by atoms with Crippen LogP contribution >= 0.6 is 0 Å². The Morgan fingerprint density at radius 3 is 1.66 bits per heavy atom. The lowest BCUT2D eigenvalue weighted by molar-refractivity contribution is -1.12. The first-order valence-corrected chi connectivity index (χ1v) is 13.1. The normalized spacial score (nSPS) is 15.8. The van der Waals surface area contributed by atoms with E-state index in [1.165, 1.54) is 0 Å². The third-order valence-electron chi connectivity index (χ3n) is 7.19. The maximum Gasteiger partial charge on any atom is 0.416 e. The number of hydroxylamine groups is 4. The zero-order chi connectivity index (χ0) is 32.4. The van der Waals surface area contributed by atoms with Crippen molar-refractivity contribution in [3.63, 3.8) is 0 Å². The lowest BCUT2D eigenvalue weighted by atomic mass is 9.82. The van der Waals surface area contributed by atoms with Crippen molar-refractivity contribution in [3.05, 3.63) is 107 Å². The van der Waals surface area contributed by atoms with Crippen molar-refractivity contribution < 1.29 is 60.4 Å². The summed E-state index contributed by atoms with van der Waals surface area (Å²) in [5.74, 6) is -5.79. The Hall–Kier alpha value is -4.56. The SMILES string of the molecule is CN(C(=O)c1cc(C(F)(F)F)cc(C(F)(F)F)c1)C(CC(=O)O[N+]1(O)C(=O)CCC1=O)C(c1ccccc1)c1ccccc1. The van der Waals surface area contributed by atoms with Gasteiger partial charge in [-0.2, -0.15) is 31.5 Å². The number of benzene rings is 3. The minimum Gasteiger partial charge on any atom is -0.337 e. The zero-order valence-electron chi connectivity index (χ0n) is 22.9. The lowest BCUT2D eigenvalue weighted by Crippen LogP contribution is -2.52. The molecule has 0 radical (unpaired) electrons. The number of likely N-dealkylation sites (N-methyl/N-ethyl adjacent to an activating group) is 1. The zero-order valence-corrected chi connectivity index (χ0v) is 22.9. The average Bonchev–Trinajstić information content (AvgIpc) is 3.22. The summed E-state index contributed by atoms with van der Waals surface area (Å²) in [5.41, 5.74) is -3.38. The van der Waals surface area contributed by atoms with Crippen LogP contribution in [-0.2, 0) is 31.6 Å². The van der Waals surface area contributed by atoms with Crippen LogP contribution in [0.5, 0.6) is 0 Å². The van der Waals surface area contributed by atoms with Gasteiger partial charge in [0.25, 0.3) is 5.91 Å². The van der Waals surface area contributed by atoms with Crippen LogP contribution in [0.2, 0.25) is 0 Å². The van der Waals surface area contributed by atoms with Crippen molar-refractivity contribution >= 4 is 23.7 Å². The first kappa shape index (κ1) is 32.4. The van der Waals surface area contributed by atoms with E-state index in [4.69, 9.17) is 4.84 Å². The van der Waals surface area contributed by atoms with Gasteiger partial charge in [0.05, 0.1) is 36.4 Å². The van der Waals surface area contributed by atoms with Crippen molar-refractivity contribution in [1.29, 1.82) is 0 Å². The molecule has 0 bridgehead atoms. The molecule has 0 saturated carbocycles. The van der Waals surface area contributed by atoms with Gasteiger partial charge < -0.3 is 4.90 Å². The van der Waals surface area contributed by atoms with Gasteiger partial charge in [0.2, 0.25) is 0 Å². The summed E-state index contributed by atoms with van der Waals surface area (Å²) < 4.78 is 81.4. The highest BCUT2D eigenvalue weighted by molar-refractivity contribution is 5.95. The highest BCUT2D eigenvalue weighted by atomic mass is 19.4. The monoisotopic (exact) mass is 623 g/mol. The average molecular weight is 624 g/mol. The van der Waals surface area contributed by atoms with Crippen LogP contribution in [0.3, 0.4) is 0 Å². The standard InChI is InChI=1S/C30H25F6N2O6/c1-37(28(42)20-14-21(29(31,32)33)16-22(15-20)30(34,35)36)23(17-26(41)44-38(43)24(39)12-13-25(38)40)27(18-8-4-2-5-9-18)19-10-6-3-7-11-19/h2-11,14-16,23,27,43H,12-13,17H2,1H3/q+1. The molecule has 8 nitrogen and oxygen atoms in total. The molecule has 1 aliphatic heterocycles. The van der Waals surface area contributed by atoms with E-state index in [-0.39, 0.29) is 18.2 Å². The van der Waals surface area contributed by atoms with Crippen molar-refractivity contribution in [2.24, 2.45) is 0 Å².